The van der Waals surface area contributed by atoms with Crippen LogP contribution in [0, 0.1) is 16.7 Å². The number of hydrogen-bond donors (Lipinski definition) is 4. The van der Waals surface area contributed by atoms with E-state index >= 15 is 9.59 Å². The number of aryl methyl sites for hydroxylation is 1. The van der Waals surface area contributed by atoms with Crippen molar-refractivity contribution in [3.8, 4) is 0 Å². The lowest BCUT2D eigenvalue weighted by Crippen LogP contribution is -2.82. The van der Waals surface area contributed by atoms with Gasteiger partial charge in [0.05, 0.1) is 29.6 Å². The van der Waals surface area contributed by atoms with Crippen LogP contribution in [-0.4, -0.2) is 134 Å². The standard InChI is InChI=1S/C58H63Cl2N5O16/c1-31-37(29-58(75)49(80-51(73)36-22-14-9-15-23-36)47-56(6,38(68)28-39-57(47,30-76-39)81-33(3)67)48(71)45(77-32(2)66)43(31)55(58,4)5)78-52(74)46(44(34-18-10-7-11-19-34)64-50(72)35-20-12-8-13-21-35)79-42(70)26-16-25-41(69)61-27-17-24-40-62-53(59)65-54(60)63-40/h7-15,18-23,37-39,44-47,49,68,75H,16-17,24-30H2,1-6H3,(H,61,69)(H,64,72)/t37-,38-,39+,44-,45+,46+,47-,49-,56+,57-,58+/m0/s1. The third-order valence-corrected chi connectivity index (χ3v) is 16.4. The molecule has 1 aliphatic heterocycles. The molecule has 23 heteroatoms. The maximum Gasteiger partial charge on any atom is 0.350 e. The topological polar surface area (TPSA) is 295 Å². The number of carbonyl (C=O) groups excluding carboxylic acids is 8. The number of aliphatic hydroxyl groups excluding tert-OH is 1. The molecule has 1 saturated heterocycles. The van der Waals surface area contributed by atoms with Crippen LogP contribution in [0.1, 0.15) is 118 Å². The van der Waals surface area contributed by atoms with Gasteiger partial charge in [-0.1, -0.05) is 80.6 Å². The molecule has 21 nitrogen and oxygen atoms in total. The number of ether oxygens (including phenoxy) is 6. The van der Waals surface area contributed by atoms with Crippen molar-refractivity contribution in [2.45, 2.75) is 140 Å². The normalized spacial score (nSPS) is 27.0. The fourth-order valence-corrected chi connectivity index (χ4v) is 12.3. The third-order valence-electron chi connectivity index (χ3n) is 16.0. The molecule has 4 aliphatic rings. The Labute approximate surface area is 476 Å². The Morgan fingerprint density at radius 1 is 0.802 bits per heavy atom. The van der Waals surface area contributed by atoms with Crippen molar-refractivity contribution < 1.29 is 77.0 Å². The Bertz CT molecular complexity index is 3080. The summed E-state index contributed by atoms with van der Waals surface area (Å²) in [4.78, 5) is 125. The highest BCUT2D eigenvalue weighted by Gasteiger charge is 2.78. The Kier molecular flexibility index (Phi) is 18.1. The van der Waals surface area contributed by atoms with Crippen LogP contribution < -0.4 is 10.6 Å². The van der Waals surface area contributed by atoms with Crippen molar-refractivity contribution in [3.05, 3.63) is 135 Å². The highest BCUT2D eigenvalue weighted by Crippen LogP contribution is 2.64. The number of esters is 5. The van der Waals surface area contributed by atoms with Crippen molar-refractivity contribution >= 4 is 70.6 Å². The molecule has 0 radical (unpaired) electrons. The molecule has 430 valence electrons. The second kappa shape index (κ2) is 24.5. The molecule has 1 aromatic heterocycles. The lowest BCUT2D eigenvalue weighted by atomic mass is 9.44. The maximum atomic E-state index is 15.8. The monoisotopic (exact) mass is 1160 g/mol. The number of carbonyl (C=O) groups is 8. The van der Waals surface area contributed by atoms with E-state index in [1.807, 2.05) is 0 Å². The van der Waals surface area contributed by atoms with Gasteiger partial charge in [-0.25, -0.2) is 19.6 Å². The number of nitrogens with one attached hydrogen (secondary N) is 2. The van der Waals surface area contributed by atoms with Gasteiger partial charge in [-0.15, -0.1) is 0 Å². The summed E-state index contributed by atoms with van der Waals surface area (Å²) in [6.45, 7) is 7.99. The number of ketones is 1. The molecule has 2 saturated carbocycles. The van der Waals surface area contributed by atoms with E-state index in [2.05, 4.69) is 25.6 Å². The number of halogens is 2. The smallest absolute Gasteiger partial charge is 0.350 e. The number of nitrogens with zero attached hydrogens (tertiary/aromatic N) is 3. The van der Waals surface area contributed by atoms with Gasteiger partial charge in [0.25, 0.3) is 5.91 Å². The molecule has 0 spiro atoms. The Morgan fingerprint density at radius 2 is 1.42 bits per heavy atom. The second-order valence-electron chi connectivity index (χ2n) is 21.4. The molecule has 81 heavy (non-hydrogen) atoms. The van der Waals surface area contributed by atoms with E-state index in [9.17, 15) is 39.0 Å². The van der Waals surface area contributed by atoms with Gasteiger partial charge in [-0.05, 0) is 90.9 Å². The molecule has 8 rings (SSSR count). The molecule has 3 aliphatic carbocycles. The van der Waals surface area contributed by atoms with Crippen molar-refractivity contribution in [2.24, 2.45) is 16.7 Å². The quantitative estimate of drug-likeness (QED) is 0.0379. The summed E-state index contributed by atoms with van der Waals surface area (Å²) in [5.74, 6) is -8.26. The van der Waals surface area contributed by atoms with Gasteiger partial charge in [0.2, 0.25) is 22.6 Å². The lowest BCUT2D eigenvalue weighted by molar-refractivity contribution is -0.346. The van der Waals surface area contributed by atoms with Crippen LogP contribution in [0.5, 0.6) is 0 Å². The van der Waals surface area contributed by atoms with Gasteiger partial charge in [-0.2, -0.15) is 4.98 Å². The fourth-order valence-electron chi connectivity index (χ4n) is 11.9. The highest BCUT2D eigenvalue weighted by atomic mass is 35.5. The zero-order valence-electron chi connectivity index (χ0n) is 45.4. The average molecular weight is 1160 g/mol. The molecule has 3 fully saturated rings. The first kappa shape index (κ1) is 59.9. The SMILES string of the molecule is CC(=O)O[C@H]1C(=O)[C@@]2(C)[C@H]([C@H](OC(=O)c3ccccc3)[C@]3(O)C[C@H](OC(=O)[C@H](OC(=O)CCCC(=O)NCCCc4nc(Cl)nc(Cl)n4)[C@@H](NC(=O)c4ccccc4)c4ccccc4)C(C)=C1C3(C)C)[C@]1(OC(C)=O)CO[C@@H]1C[C@@H]2O. The van der Waals surface area contributed by atoms with E-state index in [4.69, 9.17) is 51.6 Å². The van der Waals surface area contributed by atoms with E-state index in [1.165, 1.54) is 52.0 Å². The van der Waals surface area contributed by atoms with Crippen molar-refractivity contribution in [1.29, 1.82) is 0 Å². The minimum atomic E-state index is -2.51. The van der Waals surface area contributed by atoms with Crippen molar-refractivity contribution in [3.63, 3.8) is 0 Å². The van der Waals surface area contributed by atoms with E-state index in [0.717, 1.165) is 13.8 Å². The predicted octanol–water partition coefficient (Wildman–Crippen LogP) is 5.70. The first-order chi connectivity index (χ1) is 38.4. The molecule has 4 aromatic rings. The number of Topliss-reactive ketones (excluding diaryl/α,β-unsaturated/α-hetero) is 1. The number of aliphatic hydroxyl groups is 2. The molecular weight excluding hydrogens is 1090 g/mol. The van der Waals surface area contributed by atoms with Gasteiger partial charge >= 0.3 is 29.8 Å². The molecule has 11 atom stereocenters. The first-order valence-electron chi connectivity index (χ1n) is 26.4. The van der Waals surface area contributed by atoms with Gasteiger partial charge in [0.1, 0.15) is 35.8 Å². The first-order valence-corrected chi connectivity index (χ1v) is 27.2. The minimum absolute atomic E-state index is 0.0244. The van der Waals surface area contributed by atoms with E-state index < -0.39 is 131 Å². The summed E-state index contributed by atoms with van der Waals surface area (Å²) in [6.07, 6.45) is -10.9. The molecule has 4 N–H and O–H groups in total. The largest absolute Gasteiger partial charge is 0.455 e. The number of fused-ring (bicyclic) bond motifs is 5. The number of rotatable bonds is 19. The predicted molar refractivity (Wildman–Crippen MR) is 287 cm³/mol. The van der Waals surface area contributed by atoms with Crippen molar-refractivity contribution in [2.75, 3.05) is 13.2 Å². The zero-order valence-corrected chi connectivity index (χ0v) is 46.9. The van der Waals surface area contributed by atoms with E-state index in [0.29, 0.717) is 18.7 Å². The van der Waals surface area contributed by atoms with Crippen LogP contribution in [0.3, 0.4) is 0 Å². The highest BCUT2D eigenvalue weighted by molar-refractivity contribution is 6.31. The summed E-state index contributed by atoms with van der Waals surface area (Å²) in [5.41, 5.74) is -7.73. The van der Waals surface area contributed by atoms with Gasteiger partial charge in [0.15, 0.2) is 17.5 Å². The number of aromatic nitrogens is 3. The summed E-state index contributed by atoms with van der Waals surface area (Å²) in [7, 11) is 0. The van der Waals surface area contributed by atoms with Crippen LogP contribution in [-0.2, 0) is 63.6 Å². The van der Waals surface area contributed by atoms with Gasteiger partial charge in [0, 0.05) is 63.5 Å². The Hall–Kier alpha value is -7.17. The van der Waals surface area contributed by atoms with Crippen LogP contribution in [0.15, 0.2) is 102 Å². The molecule has 2 bridgehead atoms. The second-order valence-corrected chi connectivity index (χ2v) is 22.1. The molecular formula is C58H63Cl2N5O16. The van der Waals surface area contributed by atoms with Crippen LogP contribution in [0.25, 0.3) is 0 Å². The van der Waals surface area contributed by atoms with Crippen LogP contribution in [0.4, 0.5) is 0 Å². The van der Waals surface area contributed by atoms with E-state index in [-0.39, 0.29) is 70.8 Å². The summed E-state index contributed by atoms with van der Waals surface area (Å²) >= 11 is 11.7. The number of hydrogen-bond acceptors (Lipinski definition) is 19. The Balaban J connectivity index is 1.18. The molecule has 2 heterocycles. The molecule has 2 amide bonds. The third kappa shape index (κ3) is 12.2. The summed E-state index contributed by atoms with van der Waals surface area (Å²) in [5, 5.41) is 31.7. The van der Waals surface area contributed by atoms with Gasteiger partial charge < -0.3 is 49.3 Å². The van der Waals surface area contributed by atoms with Gasteiger partial charge in [-0.3, -0.25) is 28.8 Å². The lowest BCUT2D eigenvalue weighted by Gasteiger charge is -2.67. The number of amides is 2. The van der Waals surface area contributed by atoms with Crippen molar-refractivity contribution in [1.82, 2.24) is 25.6 Å². The van der Waals surface area contributed by atoms with Crippen LogP contribution >= 0.6 is 23.2 Å². The minimum Gasteiger partial charge on any atom is -0.455 e. The summed E-state index contributed by atoms with van der Waals surface area (Å²) < 4.78 is 36.9. The zero-order chi connectivity index (χ0) is 58.6. The summed E-state index contributed by atoms with van der Waals surface area (Å²) in [6, 6.07) is 22.4. The van der Waals surface area contributed by atoms with Crippen LogP contribution in [0.2, 0.25) is 10.6 Å². The average Bonchev–Trinajstić information content (AvgIpc) is 1.89. The fraction of sp³-hybridized carbons (Fsp3) is 0.466. The molecule has 0 unspecified atom stereocenters. The maximum absolute atomic E-state index is 15.8. The number of benzene rings is 3. The molecule has 3 aromatic carbocycles. The van der Waals surface area contributed by atoms with E-state index in [1.54, 1.807) is 66.7 Å². The Morgan fingerprint density at radius 3 is 2.01 bits per heavy atom.